The normalized spacial score (nSPS) is 22.0. The molecule has 21 heavy (non-hydrogen) atoms. The number of aliphatic hydroxyl groups is 1. The van der Waals surface area contributed by atoms with E-state index in [-0.39, 0.29) is 18.0 Å². The highest BCUT2D eigenvalue weighted by Gasteiger charge is 2.46. The first-order chi connectivity index (χ1) is 9.74. The van der Waals surface area contributed by atoms with Crippen LogP contribution in [0, 0.1) is 5.92 Å². The van der Waals surface area contributed by atoms with Gasteiger partial charge in [0.05, 0.1) is 4.90 Å². The van der Waals surface area contributed by atoms with E-state index < -0.39 is 33.5 Å². The number of benzene rings is 1. The summed E-state index contributed by atoms with van der Waals surface area (Å²) in [7, 11) is -4.54. The monoisotopic (exact) mass is 317 g/mol. The highest BCUT2D eigenvalue weighted by atomic mass is 32.2. The Morgan fingerprint density at radius 3 is 2.52 bits per heavy atom. The van der Waals surface area contributed by atoms with Gasteiger partial charge in [0.1, 0.15) is 0 Å². The number of amides is 1. The maximum absolute atomic E-state index is 14.3. The third-order valence-corrected chi connectivity index (χ3v) is 5.45. The molecule has 2 N–H and O–H groups in total. The molecule has 1 amide bonds. The first kappa shape index (κ1) is 15.7. The number of halogens is 1. The minimum absolute atomic E-state index is 0.0197. The van der Waals surface area contributed by atoms with Crippen molar-refractivity contribution < 1.29 is 27.8 Å². The summed E-state index contributed by atoms with van der Waals surface area (Å²) in [5, 5.41) is 15.2. The van der Waals surface area contributed by atoms with E-state index in [9.17, 15) is 22.7 Å². The van der Waals surface area contributed by atoms with Gasteiger partial charge in [-0.3, -0.25) is 0 Å². The summed E-state index contributed by atoms with van der Waals surface area (Å²) in [4.78, 5) is 11.6. The second-order valence-electron chi connectivity index (χ2n) is 5.09. The van der Waals surface area contributed by atoms with Crippen molar-refractivity contribution >= 4 is 15.9 Å². The van der Waals surface area contributed by atoms with Gasteiger partial charge in [-0.2, -0.15) is 4.39 Å². The molecule has 2 rings (SSSR count). The van der Waals surface area contributed by atoms with E-state index >= 15 is 0 Å². The zero-order valence-electron chi connectivity index (χ0n) is 11.1. The first-order valence-corrected chi connectivity index (χ1v) is 7.91. The van der Waals surface area contributed by atoms with Crippen LogP contribution in [0.4, 0.5) is 9.18 Å². The number of hydrogen-bond donors (Lipinski definition) is 2. The van der Waals surface area contributed by atoms with Crippen LogP contribution < -0.4 is 0 Å². The summed E-state index contributed by atoms with van der Waals surface area (Å²) in [6.45, 7) is 0.230. The molecule has 2 atom stereocenters. The smallest absolute Gasteiger partial charge is 0.407 e. The largest absolute Gasteiger partial charge is 0.465 e. The lowest BCUT2D eigenvalue weighted by Gasteiger charge is -2.22. The van der Waals surface area contributed by atoms with Crippen molar-refractivity contribution in [1.29, 1.82) is 0 Å². The van der Waals surface area contributed by atoms with Crippen LogP contribution in [-0.2, 0) is 9.84 Å². The lowest BCUT2D eigenvalue weighted by Crippen LogP contribution is -2.37. The van der Waals surface area contributed by atoms with E-state index in [1.165, 1.54) is 24.3 Å². The number of carbonyl (C=O) groups is 1. The summed E-state index contributed by atoms with van der Waals surface area (Å²) < 4.78 is 38.5. The Labute approximate surface area is 121 Å². The van der Waals surface area contributed by atoms with Crippen LogP contribution in [0.3, 0.4) is 0 Å². The van der Waals surface area contributed by atoms with Crippen LogP contribution in [0.2, 0.25) is 0 Å². The summed E-state index contributed by atoms with van der Waals surface area (Å²) in [5.41, 5.74) is 0. The van der Waals surface area contributed by atoms with Gasteiger partial charge in [-0.05, 0) is 24.5 Å². The van der Waals surface area contributed by atoms with Crippen molar-refractivity contribution in [2.45, 2.75) is 22.9 Å². The van der Waals surface area contributed by atoms with Crippen molar-refractivity contribution in [3.05, 3.63) is 30.3 Å². The maximum atomic E-state index is 14.3. The molecule has 6 nitrogen and oxygen atoms in total. The number of alkyl halides is 1. The van der Waals surface area contributed by atoms with Crippen molar-refractivity contribution in [3.8, 4) is 0 Å². The van der Waals surface area contributed by atoms with Gasteiger partial charge in [0, 0.05) is 19.5 Å². The van der Waals surface area contributed by atoms with Gasteiger partial charge in [-0.1, -0.05) is 18.2 Å². The van der Waals surface area contributed by atoms with Crippen LogP contribution in [-0.4, -0.2) is 47.9 Å². The average Bonchev–Trinajstić information content (AvgIpc) is 2.87. The molecule has 0 radical (unpaired) electrons. The number of likely N-dealkylation sites (tertiary alicyclic amines) is 1. The molecule has 0 spiro atoms. The summed E-state index contributed by atoms with van der Waals surface area (Å²) in [6, 6.07) is 6.86. The zero-order valence-corrected chi connectivity index (χ0v) is 12.0. The molecular formula is C13H16FNO5S. The summed E-state index contributed by atoms with van der Waals surface area (Å²) in [5.74, 6) is -0.533. The zero-order chi connectivity index (χ0) is 15.7. The fourth-order valence-corrected chi connectivity index (χ4v) is 3.75. The molecule has 1 aromatic rings. The van der Waals surface area contributed by atoms with E-state index in [0.717, 1.165) is 4.90 Å². The number of nitrogens with zero attached hydrogens (tertiary/aromatic N) is 1. The van der Waals surface area contributed by atoms with Gasteiger partial charge in [0.2, 0.25) is 9.84 Å². The number of sulfone groups is 1. The molecule has 0 bridgehead atoms. The molecule has 0 aromatic heterocycles. The van der Waals surface area contributed by atoms with Crippen molar-refractivity contribution in [1.82, 2.24) is 4.90 Å². The third kappa shape index (κ3) is 3.16. The average molecular weight is 317 g/mol. The predicted molar refractivity (Wildman–Crippen MR) is 72.0 cm³/mol. The Hall–Kier alpha value is -1.67. The summed E-state index contributed by atoms with van der Waals surface area (Å²) in [6.07, 6.45) is -1.46. The molecule has 116 valence electrons. The molecule has 1 unspecified atom stereocenters. The topological polar surface area (TPSA) is 94.9 Å². The van der Waals surface area contributed by atoms with Crippen molar-refractivity contribution in [2.75, 3.05) is 13.1 Å². The fraction of sp³-hybridized carbons (Fsp3) is 0.462. The molecule has 1 aliphatic heterocycles. The predicted octanol–water partition coefficient (Wildman–Crippen LogP) is 1.47. The quantitative estimate of drug-likeness (QED) is 0.877. The first-order valence-electron chi connectivity index (χ1n) is 6.43. The highest BCUT2D eigenvalue weighted by Crippen LogP contribution is 2.34. The second kappa shape index (κ2) is 5.61. The van der Waals surface area contributed by atoms with Gasteiger partial charge in [-0.15, -0.1) is 0 Å². The molecule has 1 fully saturated rings. The maximum Gasteiger partial charge on any atom is 0.407 e. The SMILES string of the molecule is O=C(O)N1CC[C@@H](CC(O)(F)S(=O)(=O)c2ccccc2)C1. The van der Waals surface area contributed by atoms with Gasteiger partial charge in [0.25, 0.3) is 0 Å². The Kier molecular flexibility index (Phi) is 4.20. The van der Waals surface area contributed by atoms with Gasteiger partial charge in [-0.25, -0.2) is 13.2 Å². The number of hydrogen-bond acceptors (Lipinski definition) is 4. The lowest BCUT2D eigenvalue weighted by atomic mass is 10.1. The summed E-state index contributed by atoms with van der Waals surface area (Å²) >= 11 is 0. The van der Waals surface area contributed by atoms with Gasteiger partial charge >= 0.3 is 11.3 Å². The number of carboxylic acid groups (broad SMARTS) is 1. The van der Waals surface area contributed by atoms with Crippen LogP contribution in [0.25, 0.3) is 0 Å². The van der Waals surface area contributed by atoms with E-state index in [4.69, 9.17) is 5.11 Å². The van der Waals surface area contributed by atoms with Gasteiger partial charge in [0.15, 0.2) is 0 Å². The molecule has 1 heterocycles. The number of rotatable bonds is 4. The van der Waals surface area contributed by atoms with E-state index in [0.29, 0.717) is 6.42 Å². The molecular weight excluding hydrogens is 301 g/mol. The molecule has 8 heteroatoms. The van der Waals surface area contributed by atoms with E-state index in [1.54, 1.807) is 6.07 Å². The van der Waals surface area contributed by atoms with Crippen molar-refractivity contribution in [3.63, 3.8) is 0 Å². The molecule has 0 aliphatic carbocycles. The molecule has 1 aromatic carbocycles. The Balaban J connectivity index is 2.14. The molecule has 0 saturated carbocycles. The third-order valence-electron chi connectivity index (χ3n) is 3.56. The van der Waals surface area contributed by atoms with Crippen LogP contribution >= 0.6 is 0 Å². The molecule has 1 aliphatic rings. The second-order valence-corrected chi connectivity index (χ2v) is 7.20. The lowest BCUT2D eigenvalue weighted by molar-refractivity contribution is -0.0259. The Bertz CT molecular complexity index is 617. The van der Waals surface area contributed by atoms with E-state index in [1.807, 2.05) is 0 Å². The highest BCUT2D eigenvalue weighted by molar-refractivity contribution is 7.92. The van der Waals surface area contributed by atoms with Crippen LogP contribution in [0.1, 0.15) is 12.8 Å². The van der Waals surface area contributed by atoms with Crippen LogP contribution in [0.5, 0.6) is 0 Å². The van der Waals surface area contributed by atoms with Gasteiger partial charge < -0.3 is 15.1 Å². The molecule has 1 saturated heterocycles. The fourth-order valence-electron chi connectivity index (χ4n) is 2.42. The van der Waals surface area contributed by atoms with E-state index in [2.05, 4.69) is 0 Å². The Morgan fingerprint density at radius 1 is 1.38 bits per heavy atom. The minimum Gasteiger partial charge on any atom is -0.465 e. The standard InChI is InChI=1S/C13H16FNO5S/c14-13(18,8-10-6-7-15(9-10)12(16)17)21(19,20)11-4-2-1-3-5-11/h1-5,10,18H,6-9H2,(H,16,17)/t10-,13?/m0/s1. The minimum atomic E-state index is -4.54. The Morgan fingerprint density at radius 2 is 2.00 bits per heavy atom. The van der Waals surface area contributed by atoms with Crippen LogP contribution in [0.15, 0.2) is 35.2 Å². The van der Waals surface area contributed by atoms with Crippen molar-refractivity contribution in [2.24, 2.45) is 5.92 Å².